The van der Waals surface area contributed by atoms with Crippen LogP contribution in [0.25, 0.3) is 11.5 Å². The van der Waals surface area contributed by atoms with Gasteiger partial charge in [0.1, 0.15) is 11.6 Å². The molecule has 1 saturated carbocycles. The van der Waals surface area contributed by atoms with Gasteiger partial charge in [-0.1, -0.05) is 12.1 Å². The van der Waals surface area contributed by atoms with Gasteiger partial charge in [0.25, 0.3) is 0 Å². The van der Waals surface area contributed by atoms with E-state index in [2.05, 4.69) is 15.1 Å². The number of ether oxygens (including phenoxy) is 1. The van der Waals surface area contributed by atoms with E-state index in [4.69, 9.17) is 9.15 Å². The van der Waals surface area contributed by atoms with E-state index in [9.17, 15) is 4.39 Å². The lowest BCUT2D eigenvalue weighted by Crippen LogP contribution is -2.25. The summed E-state index contributed by atoms with van der Waals surface area (Å²) in [6.45, 7) is 1.33. The second kappa shape index (κ2) is 7.25. The quantitative estimate of drug-likeness (QED) is 0.641. The second-order valence-electron chi connectivity index (χ2n) is 6.49. The second-order valence-corrected chi connectivity index (χ2v) is 6.49. The molecule has 0 atom stereocenters. The van der Waals surface area contributed by atoms with Crippen molar-refractivity contribution >= 4 is 0 Å². The Morgan fingerprint density at radius 2 is 1.77 bits per heavy atom. The predicted octanol–water partition coefficient (Wildman–Crippen LogP) is 4.05. The van der Waals surface area contributed by atoms with Crippen LogP contribution in [0.2, 0.25) is 0 Å². The zero-order valence-electron chi connectivity index (χ0n) is 14.6. The maximum Gasteiger partial charge on any atom is 0.247 e. The van der Waals surface area contributed by atoms with Crippen molar-refractivity contribution in [2.45, 2.75) is 32.0 Å². The highest BCUT2D eigenvalue weighted by molar-refractivity contribution is 5.53. The SMILES string of the molecule is COc1ccc(-c2nnc(CN(Cc3ccc(F)cc3)C3CC3)o2)cc1. The van der Waals surface area contributed by atoms with Crippen molar-refractivity contribution in [2.75, 3.05) is 7.11 Å². The van der Waals surface area contributed by atoms with Crippen molar-refractivity contribution in [2.24, 2.45) is 0 Å². The highest BCUT2D eigenvalue weighted by Gasteiger charge is 2.30. The Morgan fingerprint density at radius 1 is 1.04 bits per heavy atom. The van der Waals surface area contributed by atoms with Gasteiger partial charge in [-0.05, 0) is 54.8 Å². The van der Waals surface area contributed by atoms with E-state index in [0.29, 0.717) is 24.4 Å². The maximum atomic E-state index is 13.1. The Kier molecular flexibility index (Phi) is 4.67. The van der Waals surface area contributed by atoms with E-state index in [-0.39, 0.29) is 5.82 Å². The molecule has 0 saturated heterocycles. The standard InChI is InChI=1S/C20H20FN3O2/c1-25-18-10-4-15(5-11-18)20-23-22-19(26-20)13-24(17-8-9-17)12-14-2-6-16(21)7-3-14/h2-7,10-11,17H,8-9,12-13H2,1H3. The Morgan fingerprint density at radius 3 is 2.42 bits per heavy atom. The smallest absolute Gasteiger partial charge is 0.247 e. The number of nitrogens with zero attached hydrogens (tertiary/aromatic N) is 3. The van der Waals surface area contributed by atoms with E-state index >= 15 is 0 Å². The minimum Gasteiger partial charge on any atom is -0.497 e. The average Bonchev–Trinajstić information content (AvgIpc) is 3.42. The van der Waals surface area contributed by atoms with Crippen molar-refractivity contribution in [1.82, 2.24) is 15.1 Å². The van der Waals surface area contributed by atoms with Crippen LogP contribution in [0.1, 0.15) is 24.3 Å². The highest BCUT2D eigenvalue weighted by Crippen LogP contribution is 2.30. The molecule has 1 aromatic heterocycles. The molecule has 2 aromatic carbocycles. The van der Waals surface area contributed by atoms with Gasteiger partial charge in [-0.25, -0.2) is 4.39 Å². The number of hydrogen-bond donors (Lipinski definition) is 0. The molecule has 3 aromatic rings. The number of aromatic nitrogens is 2. The number of methoxy groups -OCH3 is 1. The summed E-state index contributed by atoms with van der Waals surface area (Å²) >= 11 is 0. The molecule has 4 rings (SSSR count). The van der Waals surface area contributed by atoms with Gasteiger partial charge in [0, 0.05) is 18.2 Å². The van der Waals surface area contributed by atoms with E-state index in [1.165, 1.54) is 25.0 Å². The van der Waals surface area contributed by atoms with Gasteiger partial charge in [-0.15, -0.1) is 10.2 Å². The largest absolute Gasteiger partial charge is 0.497 e. The van der Waals surface area contributed by atoms with Gasteiger partial charge < -0.3 is 9.15 Å². The summed E-state index contributed by atoms with van der Waals surface area (Å²) in [6.07, 6.45) is 2.33. The van der Waals surface area contributed by atoms with Crippen LogP contribution in [0, 0.1) is 5.82 Å². The normalized spacial score (nSPS) is 14.0. The first-order valence-electron chi connectivity index (χ1n) is 8.66. The molecule has 1 heterocycles. The number of halogens is 1. The van der Waals surface area contributed by atoms with E-state index < -0.39 is 0 Å². The van der Waals surface area contributed by atoms with Crippen molar-refractivity contribution in [3.05, 3.63) is 65.8 Å². The molecule has 6 heteroatoms. The van der Waals surface area contributed by atoms with Crippen molar-refractivity contribution in [3.63, 3.8) is 0 Å². The van der Waals surface area contributed by atoms with Crippen molar-refractivity contribution in [1.29, 1.82) is 0 Å². The van der Waals surface area contributed by atoms with Gasteiger partial charge in [-0.3, -0.25) is 4.90 Å². The van der Waals surface area contributed by atoms with Crippen LogP contribution in [0.4, 0.5) is 4.39 Å². The summed E-state index contributed by atoms with van der Waals surface area (Å²) in [7, 11) is 1.63. The fourth-order valence-corrected chi connectivity index (χ4v) is 2.92. The summed E-state index contributed by atoms with van der Waals surface area (Å²) in [5, 5.41) is 8.35. The zero-order chi connectivity index (χ0) is 17.9. The first-order valence-corrected chi connectivity index (χ1v) is 8.66. The summed E-state index contributed by atoms with van der Waals surface area (Å²) in [4.78, 5) is 2.30. The van der Waals surface area contributed by atoms with Gasteiger partial charge in [0.05, 0.1) is 13.7 Å². The Bertz CT molecular complexity index is 858. The number of hydrogen-bond acceptors (Lipinski definition) is 5. The molecule has 134 valence electrons. The molecule has 0 aliphatic heterocycles. The number of rotatable bonds is 7. The molecule has 0 N–H and O–H groups in total. The summed E-state index contributed by atoms with van der Waals surface area (Å²) in [5.41, 5.74) is 1.94. The first-order chi connectivity index (χ1) is 12.7. The lowest BCUT2D eigenvalue weighted by Gasteiger charge is -2.20. The molecular weight excluding hydrogens is 333 g/mol. The molecule has 26 heavy (non-hydrogen) atoms. The Hall–Kier alpha value is -2.73. The third kappa shape index (κ3) is 3.91. The predicted molar refractivity (Wildman–Crippen MR) is 95.0 cm³/mol. The van der Waals surface area contributed by atoms with Gasteiger partial charge in [0.15, 0.2) is 0 Å². The molecule has 0 spiro atoms. The summed E-state index contributed by atoms with van der Waals surface area (Å²) in [6, 6.07) is 14.7. The Labute approximate surface area is 151 Å². The lowest BCUT2D eigenvalue weighted by atomic mass is 10.2. The van der Waals surface area contributed by atoms with Gasteiger partial charge in [0.2, 0.25) is 11.8 Å². The molecule has 1 aliphatic rings. The molecule has 1 fully saturated rings. The van der Waals surface area contributed by atoms with E-state index in [1.807, 2.05) is 36.4 Å². The minimum absolute atomic E-state index is 0.215. The third-order valence-electron chi connectivity index (χ3n) is 4.50. The topological polar surface area (TPSA) is 51.4 Å². The van der Waals surface area contributed by atoms with Crippen molar-refractivity contribution in [3.8, 4) is 17.2 Å². The summed E-state index contributed by atoms with van der Waals surface area (Å²) < 4.78 is 24.1. The fraction of sp³-hybridized carbons (Fsp3) is 0.300. The maximum absolute atomic E-state index is 13.1. The van der Waals surface area contributed by atoms with E-state index in [0.717, 1.165) is 23.4 Å². The molecule has 0 radical (unpaired) electrons. The average molecular weight is 353 g/mol. The van der Waals surface area contributed by atoms with Gasteiger partial charge >= 0.3 is 0 Å². The van der Waals surface area contributed by atoms with Crippen LogP contribution >= 0.6 is 0 Å². The molecular formula is C20H20FN3O2. The monoisotopic (exact) mass is 353 g/mol. The van der Waals surface area contributed by atoms with Gasteiger partial charge in [-0.2, -0.15) is 0 Å². The third-order valence-corrected chi connectivity index (χ3v) is 4.50. The zero-order valence-corrected chi connectivity index (χ0v) is 14.6. The molecule has 0 unspecified atom stereocenters. The fourth-order valence-electron chi connectivity index (χ4n) is 2.92. The molecule has 1 aliphatic carbocycles. The van der Waals surface area contributed by atoms with Crippen LogP contribution in [-0.2, 0) is 13.1 Å². The van der Waals surface area contributed by atoms with Crippen LogP contribution in [0.15, 0.2) is 52.9 Å². The first kappa shape index (κ1) is 16.7. The van der Waals surface area contributed by atoms with Crippen LogP contribution < -0.4 is 4.74 Å². The van der Waals surface area contributed by atoms with Crippen LogP contribution in [0.3, 0.4) is 0 Å². The molecule has 5 nitrogen and oxygen atoms in total. The Balaban J connectivity index is 1.46. The van der Waals surface area contributed by atoms with Crippen LogP contribution in [-0.4, -0.2) is 28.2 Å². The summed E-state index contributed by atoms with van der Waals surface area (Å²) in [5.74, 6) is 1.66. The highest BCUT2D eigenvalue weighted by atomic mass is 19.1. The number of benzene rings is 2. The molecule has 0 bridgehead atoms. The van der Waals surface area contributed by atoms with E-state index in [1.54, 1.807) is 7.11 Å². The minimum atomic E-state index is -0.215. The van der Waals surface area contributed by atoms with Crippen LogP contribution in [0.5, 0.6) is 5.75 Å². The van der Waals surface area contributed by atoms with Crippen molar-refractivity contribution < 1.29 is 13.5 Å². The molecule has 0 amide bonds. The lowest BCUT2D eigenvalue weighted by molar-refractivity contribution is 0.221.